The van der Waals surface area contributed by atoms with Crippen molar-refractivity contribution in [2.24, 2.45) is 0 Å². The van der Waals surface area contributed by atoms with Gasteiger partial charge in [-0.15, -0.1) is 0 Å². The molecule has 0 radical (unpaired) electrons. The van der Waals surface area contributed by atoms with Crippen LogP contribution in [-0.4, -0.2) is 123 Å². The van der Waals surface area contributed by atoms with Gasteiger partial charge >= 0.3 is 46.9 Å². The van der Waals surface area contributed by atoms with Crippen molar-refractivity contribution in [3.63, 3.8) is 0 Å². The fourth-order valence-corrected chi connectivity index (χ4v) is 0.826. The quantitative estimate of drug-likeness (QED) is 0.110. The van der Waals surface area contributed by atoms with Crippen LogP contribution in [0, 0.1) is 46.9 Å². The smallest absolute Gasteiger partial charge is 0.382 e. The monoisotopic (exact) mass is 846 g/mol. The van der Waals surface area contributed by atoms with Crippen LogP contribution in [0.4, 0.5) is 39.5 Å². The van der Waals surface area contributed by atoms with Crippen molar-refractivity contribution in [3.8, 4) is 0 Å². The summed E-state index contributed by atoms with van der Waals surface area (Å²) in [4.78, 5) is 0. The third-order valence-electron chi connectivity index (χ3n) is 2.49. The van der Waals surface area contributed by atoms with Crippen molar-refractivity contribution in [1.29, 1.82) is 0 Å². The summed E-state index contributed by atoms with van der Waals surface area (Å²) in [6.45, 7) is 4.87. The molecule has 0 atom stereocenters. The van der Waals surface area contributed by atoms with E-state index in [0.717, 1.165) is 0 Å². The standard InChI is InChI=1S/C10H22O5.3CHF3O3S.Yb/c1-11-3-5-13-7-9-15-10-8-14-6-4-12-2;3*2-1(3,4)8(5,6)7;/h3-10H2,1-2H3;3*(H,5,6,7);. The molecule has 0 saturated carbocycles. The van der Waals surface area contributed by atoms with Crippen molar-refractivity contribution >= 4 is 30.4 Å². The van der Waals surface area contributed by atoms with E-state index >= 15 is 0 Å². The topological polar surface area (TPSA) is 209 Å². The van der Waals surface area contributed by atoms with Crippen molar-refractivity contribution in [2.45, 2.75) is 16.5 Å². The van der Waals surface area contributed by atoms with E-state index < -0.39 is 46.9 Å². The number of alkyl halides is 9. The predicted molar refractivity (Wildman–Crippen MR) is 109 cm³/mol. The molecule has 40 heavy (non-hydrogen) atoms. The Balaban J connectivity index is -0.000000142. The molecule has 0 fully saturated rings. The van der Waals surface area contributed by atoms with Gasteiger partial charge in [0.15, 0.2) is 0 Å². The Kier molecular flexibility index (Phi) is 29.8. The fraction of sp³-hybridized carbons (Fsp3) is 1.00. The van der Waals surface area contributed by atoms with Crippen LogP contribution in [0.15, 0.2) is 0 Å². The number of hydrogen-bond donors (Lipinski definition) is 3. The summed E-state index contributed by atoms with van der Waals surface area (Å²) in [6.07, 6.45) is 0. The van der Waals surface area contributed by atoms with Crippen molar-refractivity contribution in [2.75, 3.05) is 67.1 Å². The first-order valence-electron chi connectivity index (χ1n) is 8.99. The molecule has 256 valence electrons. The number of halogens is 9. The number of rotatable bonds is 12. The van der Waals surface area contributed by atoms with E-state index in [1.54, 1.807) is 14.2 Å². The molecule has 0 aromatic carbocycles. The minimum absolute atomic E-state index is 0. The second-order valence-corrected chi connectivity index (χ2v) is 9.82. The second-order valence-electron chi connectivity index (χ2n) is 5.59. The van der Waals surface area contributed by atoms with Crippen molar-refractivity contribution in [1.82, 2.24) is 0 Å². The van der Waals surface area contributed by atoms with Crippen LogP contribution >= 0.6 is 0 Å². The fourth-order valence-electron chi connectivity index (χ4n) is 0.826. The van der Waals surface area contributed by atoms with Gasteiger partial charge in [0, 0.05) is 61.1 Å². The molecule has 0 spiro atoms. The van der Waals surface area contributed by atoms with Crippen molar-refractivity contribution in [3.05, 3.63) is 0 Å². The van der Waals surface area contributed by atoms with E-state index in [0.29, 0.717) is 52.9 Å². The molecular formula is C13H25F9O14S3Yb. The van der Waals surface area contributed by atoms with Crippen LogP contribution in [0.3, 0.4) is 0 Å². The molecule has 0 aliphatic carbocycles. The van der Waals surface area contributed by atoms with E-state index in [1.165, 1.54) is 0 Å². The summed E-state index contributed by atoms with van der Waals surface area (Å²) in [7, 11) is -14.2. The first-order valence-corrected chi connectivity index (χ1v) is 13.3. The SMILES string of the molecule is COCCOCCOCCOCCOC.O=S(=O)(O)C(F)(F)F.O=S(=O)(O)C(F)(F)F.O=S(=O)(O)C(F)(F)F.[Yb]. The summed E-state index contributed by atoms with van der Waals surface area (Å²) >= 11 is 0. The van der Waals surface area contributed by atoms with Crippen LogP contribution in [0.1, 0.15) is 0 Å². The Morgan fingerprint density at radius 3 is 0.675 bits per heavy atom. The Bertz CT molecular complexity index is 809. The largest absolute Gasteiger partial charge is 0.522 e. The van der Waals surface area contributed by atoms with Gasteiger partial charge in [-0.25, -0.2) is 0 Å². The molecule has 0 aromatic heterocycles. The zero-order chi connectivity index (χ0) is 32.2. The molecule has 0 unspecified atom stereocenters. The van der Waals surface area contributed by atoms with E-state index in [1.807, 2.05) is 0 Å². The third-order valence-corrected chi connectivity index (χ3v) is 4.24. The van der Waals surface area contributed by atoms with Gasteiger partial charge < -0.3 is 23.7 Å². The van der Waals surface area contributed by atoms with Crippen LogP contribution < -0.4 is 0 Å². The predicted octanol–water partition coefficient (Wildman–Crippen LogP) is 1.51. The van der Waals surface area contributed by atoms with Gasteiger partial charge in [-0.2, -0.15) is 64.8 Å². The molecule has 0 amide bonds. The van der Waals surface area contributed by atoms with Gasteiger partial charge in [-0.3, -0.25) is 13.7 Å². The first kappa shape index (κ1) is 50.1. The minimum Gasteiger partial charge on any atom is -0.382 e. The zero-order valence-electron chi connectivity index (χ0n) is 19.9. The van der Waals surface area contributed by atoms with Crippen LogP contribution in [0.5, 0.6) is 0 Å². The molecule has 0 rings (SSSR count). The van der Waals surface area contributed by atoms with E-state index in [-0.39, 0.29) is 46.9 Å². The average Bonchev–Trinajstić information content (AvgIpc) is 2.69. The molecule has 0 aliphatic rings. The molecule has 0 heterocycles. The third kappa shape index (κ3) is 34.6. The Morgan fingerprint density at radius 2 is 0.575 bits per heavy atom. The maximum absolute atomic E-state index is 10.7. The van der Waals surface area contributed by atoms with Gasteiger partial charge in [-0.1, -0.05) is 0 Å². The van der Waals surface area contributed by atoms with E-state index in [2.05, 4.69) is 0 Å². The molecule has 0 aliphatic heterocycles. The molecule has 0 aromatic rings. The van der Waals surface area contributed by atoms with Crippen molar-refractivity contribution < 1.29 is 149 Å². The Labute approximate surface area is 261 Å². The zero-order valence-corrected chi connectivity index (χ0v) is 24.0. The van der Waals surface area contributed by atoms with Gasteiger partial charge in [0.25, 0.3) is 0 Å². The Morgan fingerprint density at radius 1 is 0.450 bits per heavy atom. The van der Waals surface area contributed by atoms with Gasteiger partial charge in [0.1, 0.15) is 0 Å². The molecular weight excluding hydrogens is 820 g/mol. The second kappa shape index (κ2) is 23.8. The van der Waals surface area contributed by atoms with Gasteiger partial charge in [0.2, 0.25) is 0 Å². The normalized spacial score (nSPS) is 12.4. The molecule has 27 heteroatoms. The maximum Gasteiger partial charge on any atom is 0.522 e. The summed E-state index contributed by atoms with van der Waals surface area (Å²) in [5, 5.41) is 0. The molecule has 0 saturated heterocycles. The number of hydrogen-bond acceptors (Lipinski definition) is 11. The van der Waals surface area contributed by atoms with E-state index in [4.69, 9.17) is 62.6 Å². The summed E-state index contributed by atoms with van der Waals surface area (Å²) in [6, 6.07) is 0. The van der Waals surface area contributed by atoms with Gasteiger partial charge in [-0.05, 0) is 0 Å². The summed E-state index contributed by atoms with van der Waals surface area (Å²) < 4.78 is 198. The van der Waals surface area contributed by atoms with Crippen LogP contribution in [-0.2, 0) is 54.0 Å². The van der Waals surface area contributed by atoms with Crippen LogP contribution in [0.25, 0.3) is 0 Å². The molecule has 0 bridgehead atoms. The van der Waals surface area contributed by atoms with E-state index in [9.17, 15) is 39.5 Å². The van der Waals surface area contributed by atoms with Gasteiger partial charge in [0.05, 0.1) is 52.9 Å². The van der Waals surface area contributed by atoms with Crippen LogP contribution in [0.2, 0.25) is 0 Å². The first-order chi connectivity index (χ1) is 17.2. The maximum atomic E-state index is 10.7. The summed E-state index contributed by atoms with van der Waals surface area (Å²) in [5.74, 6) is 0. The molecule has 14 nitrogen and oxygen atoms in total. The minimum atomic E-state index is -5.84. The number of methoxy groups -OCH3 is 2. The Hall–Kier alpha value is 0.419. The molecule has 3 N–H and O–H groups in total. The number of ether oxygens (including phenoxy) is 5. The average molecular weight is 846 g/mol. The summed E-state index contributed by atoms with van der Waals surface area (Å²) in [5.41, 5.74) is -16.6.